The lowest BCUT2D eigenvalue weighted by molar-refractivity contribution is -0.161. The van der Waals surface area contributed by atoms with Crippen LogP contribution >= 0.6 is 0 Å². The summed E-state index contributed by atoms with van der Waals surface area (Å²) in [6.07, 6.45) is 35.2. The number of carbonyl (C=O) groups is 2. The zero-order chi connectivity index (χ0) is 36.0. The lowest BCUT2D eigenvalue weighted by Gasteiger charge is -2.19. The van der Waals surface area contributed by atoms with Gasteiger partial charge in [-0.25, -0.2) is 0 Å². The van der Waals surface area contributed by atoms with Crippen LogP contribution in [0.5, 0.6) is 0 Å². The van der Waals surface area contributed by atoms with Crippen molar-refractivity contribution < 1.29 is 34.4 Å². The summed E-state index contributed by atoms with van der Waals surface area (Å²) in [6, 6.07) is 0. The number of unbranched alkanes of at least 4 members (excludes halogenated alkanes) is 24. The van der Waals surface area contributed by atoms with Crippen LogP contribution in [0.4, 0.5) is 0 Å². The van der Waals surface area contributed by atoms with E-state index in [-0.39, 0.29) is 38.2 Å². The second-order valence-electron chi connectivity index (χ2n) is 14.8. The Morgan fingerprint density at radius 3 is 1.24 bits per heavy atom. The van der Waals surface area contributed by atoms with Gasteiger partial charge in [-0.15, -0.1) is 0 Å². The summed E-state index contributed by atoms with van der Waals surface area (Å²) >= 11 is 0. The Kier molecular flexibility index (Phi) is 37.1. The number of aliphatic hydroxyl groups is 3. The van der Waals surface area contributed by atoms with Crippen LogP contribution in [-0.2, 0) is 19.1 Å². The molecule has 292 valence electrons. The molecule has 0 fully saturated rings. The molecule has 0 heterocycles. The van der Waals surface area contributed by atoms with Gasteiger partial charge in [0.05, 0.1) is 19.3 Å². The smallest absolute Gasteiger partial charge is 0.306 e. The molecule has 0 aliphatic heterocycles. The fourth-order valence-electron chi connectivity index (χ4n) is 6.73. The van der Waals surface area contributed by atoms with Crippen molar-refractivity contribution >= 4 is 11.9 Å². The molecule has 0 aliphatic carbocycles. The molecule has 0 aliphatic rings. The molecule has 0 spiro atoms. The standard InChI is InChI=1S/C42H82O7/c1-3-5-7-9-11-13-14-15-16-17-18-19-21-23-28-32-41(46)48-37-40(36-44)49-42(47)33-29-25-24-27-31-38(34-39(45)35-43)30-26-22-20-12-10-8-6-4-2/h38-40,43-45H,3-37H2,1-2H3. The van der Waals surface area contributed by atoms with Crippen LogP contribution in [0.3, 0.4) is 0 Å². The third kappa shape index (κ3) is 35.0. The van der Waals surface area contributed by atoms with Gasteiger partial charge in [0, 0.05) is 12.8 Å². The molecule has 3 unspecified atom stereocenters. The highest BCUT2D eigenvalue weighted by Crippen LogP contribution is 2.24. The summed E-state index contributed by atoms with van der Waals surface area (Å²) in [5, 5.41) is 28.9. The Hall–Kier alpha value is -1.18. The lowest BCUT2D eigenvalue weighted by atomic mass is 9.89. The van der Waals surface area contributed by atoms with Crippen molar-refractivity contribution in [3.05, 3.63) is 0 Å². The fraction of sp³-hybridized carbons (Fsp3) is 0.952. The monoisotopic (exact) mass is 699 g/mol. The van der Waals surface area contributed by atoms with Crippen molar-refractivity contribution in [2.75, 3.05) is 19.8 Å². The van der Waals surface area contributed by atoms with Gasteiger partial charge in [-0.1, -0.05) is 187 Å². The Bertz CT molecular complexity index is 701. The Labute approximate surface area is 303 Å². The first-order valence-electron chi connectivity index (χ1n) is 21.2. The predicted molar refractivity (Wildman–Crippen MR) is 204 cm³/mol. The zero-order valence-electron chi connectivity index (χ0n) is 32.5. The van der Waals surface area contributed by atoms with Gasteiger partial charge < -0.3 is 24.8 Å². The highest BCUT2D eigenvalue weighted by atomic mass is 16.6. The van der Waals surface area contributed by atoms with E-state index in [9.17, 15) is 24.9 Å². The van der Waals surface area contributed by atoms with E-state index in [1.807, 2.05) is 0 Å². The third-order valence-corrected chi connectivity index (χ3v) is 9.94. The summed E-state index contributed by atoms with van der Waals surface area (Å²) in [7, 11) is 0. The van der Waals surface area contributed by atoms with Crippen LogP contribution in [-0.4, -0.2) is 59.3 Å². The van der Waals surface area contributed by atoms with E-state index in [1.54, 1.807) is 0 Å². The molecular formula is C42H82O7. The molecule has 0 amide bonds. The van der Waals surface area contributed by atoms with E-state index >= 15 is 0 Å². The summed E-state index contributed by atoms with van der Waals surface area (Å²) < 4.78 is 10.6. The molecule has 0 bridgehead atoms. The normalized spacial score (nSPS) is 13.3. The molecule has 0 radical (unpaired) electrons. The molecule has 0 aromatic rings. The first-order chi connectivity index (χ1) is 24.0. The zero-order valence-corrected chi connectivity index (χ0v) is 32.5. The van der Waals surface area contributed by atoms with Crippen molar-refractivity contribution in [1.82, 2.24) is 0 Å². The average Bonchev–Trinajstić information content (AvgIpc) is 3.10. The molecular weight excluding hydrogens is 616 g/mol. The molecule has 3 atom stereocenters. The first-order valence-corrected chi connectivity index (χ1v) is 21.2. The maximum absolute atomic E-state index is 12.3. The number of rotatable bonds is 39. The lowest BCUT2D eigenvalue weighted by Crippen LogP contribution is -2.28. The molecule has 0 aromatic heterocycles. The molecule has 0 saturated carbocycles. The van der Waals surface area contributed by atoms with Gasteiger partial charge in [0.15, 0.2) is 6.10 Å². The van der Waals surface area contributed by atoms with Crippen molar-refractivity contribution in [1.29, 1.82) is 0 Å². The number of esters is 2. The number of ether oxygens (including phenoxy) is 2. The summed E-state index contributed by atoms with van der Waals surface area (Å²) in [4.78, 5) is 24.4. The van der Waals surface area contributed by atoms with E-state index in [0.717, 1.165) is 57.8 Å². The molecule has 7 nitrogen and oxygen atoms in total. The van der Waals surface area contributed by atoms with Crippen LogP contribution in [0, 0.1) is 5.92 Å². The maximum atomic E-state index is 12.3. The first kappa shape index (κ1) is 47.8. The Balaban J connectivity index is 3.84. The SMILES string of the molecule is CCCCCCCCCCCCCCCCCC(=O)OCC(CO)OC(=O)CCCCCCC(CCCCCCCCCC)CC(O)CO. The number of hydrogen-bond acceptors (Lipinski definition) is 7. The van der Waals surface area contributed by atoms with Crippen LogP contribution < -0.4 is 0 Å². The van der Waals surface area contributed by atoms with Crippen molar-refractivity contribution in [3.8, 4) is 0 Å². The van der Waals surface area contributed by atoms with Crippen LogP contribution in [0.1, 0.15) is 219 Å². The van der Waals surface area contributed by atoms with Gasteiger partial charge in [-0.05, 0) is 25.2 Å². The quantitative estimate of drug-likeness (QED) is 0.0432. The Morgan fingerprint density at radius 2 is 0.857 bits per heavy atom. The molecule has 0 saturated heterocycles. The van der Waals surface area contributed by atoms with E-state index in [1.165, 1.54) is 128 Å². The third-order valence-electron chi connectivity index (χ3n) is 9.94. The Morgan fingerprint density at radius 1 is 0.490 bits per heavy atom. The number of carbonyl (C=O) groups excluding carboxylic acids is 2. The number of hydrogen-bond donors (Lipinski definition) is 3. The summed E-state index contributed by atoms with van der Waals surface area (Å²) in [6.45, 7) is 3.87. The topological polar surface area (TPSA) is 113 Å². The van der Waals surface area contributed by atoms with E-state index in [4.69, 9.17) is 9.47 Å². The highest BCUT2D eigenvalue weighted by molar-refractivity contribution is 5.70. The molecule has 7 heteroatoms. The largest absolute Gasteiger partial charge is 0.462 e. The molecule has 3 N–H and O–H groups in total. The summed E-state index contributed by atoms with van der Waals surface area (Å²) in [5.74, 6) is -0.230. The van der Waals surface area contributed by atoms with Crippen molar-refractivity contribution in [2.24, 2.45) is 5.92 Å². The van der Waals surface area contributed by atoms with E-state index < -0.39 is 12.2 Å². The average molecular weight is 699 g/mol. The van der Waals surface area contributed by atoms with Gasteiger partial charge in [0.1, 0.15) is 6.61 Å². The van der Waals surface area contributed by atoms with Crippen molar-refractivity contribution in [3.63, 3.8) is 0 Å². The summed E-state index contributed by atoms with van der Waals surface area (Å²) in [5.41, 5.74) is 0. The van der Waals surface area contributed by atoms with Gasteiger partial charge in [-0.2, -0.15) is 0 Å². The van der Waals surface area contributed by atoms with Gasteiger partial charge in [0.25, 0.3) is 0 Å². The van der Waals surface area contributed by atoms with Crippen LogP contribution in [0.15, 0.2) is 0 Å². The van der Waals surface area contributed by atoms with Gasteiger partial charge in [0.2, 0.25) is 0 Å². The van der Waals surface area contributed by atoms with E-state index in [2.05, 4.69) is 13.8 Å². The number of aliphatic hydroxyl groups excluding tert-OH is 3. The van der Waals surface area contributed by atoms with Crippen LogP contribution in [0.2, 0.25) is 0 Å². The molecule has 0 rings (SSSR count). The minimum atomic E-state index is -0.812. The molecule has 49 heavy (non-hydrogen) atoms. The van der Waals surface area contributed by atoms with Crippen LogP contribution in [0.25, 0.3) is 0 Å². The second kappa shape index (κ2) is 38.1. The van der Waals surface area contributed by atoms with E-state index in [0.29, 0.717) is 18.8 Å². The second-order valence-corrected chi connectivity index (χ2v) is 14.8. The molecule has 0 aromatic carbocycles. The maximum Gasteiger partial charge on any atom is 0.306 e. The highest BCUT2D eigenvalue weighted by Gasteiger charge is 2.17. The van der Waals surface area contributed by atoms with Gasteiger partial charge >= 0.3 is 11.9 Å². The predicted octanol–water partition coefficient (Wildman–Crippen LogP) is 10.9. The van der Waals surface area contributed by atoms with Gasteiger partial charge in [-0.3, -0.25) is 9.59 Å². The minimum Gasteiger partial charge on any atom is -0.462 e. The minimum absolute atomic E-state index is 0.0975. The fourth-order valence-corrected chi connectivity index (χ4v) is 6.73. The van der Waals surface area contributed by atoms with Crippen molar-refractivity contribution in [2.45, 2.75) is 232 Å².